The second kappa shape index (κ2) is 4.06. The van der Waals surface area contributed by atoms with E-state index in [0.717, 1.165) is 17.1 Å². The molecule has 0 fully saturated rings. The highest BCUT2D eigenvalue weighted by atomic mass is 35.5. The number of benzene rings is 2. The molecule has 3 heteroatoms. The fourth-order valence-electron chi connectivity index (χ4n) is 2.32. The summed E-state index contributed by atoms with van der Waals surface area (Å²) in [5.74, 6) is 0.291. The largest absolute Gasteiger partial charge is 0.508 e. The zero-order valence-electron chi connectivity index (χ0n) is 9.15. The minimum Gasteiger partial charge on any atom is -0.508 e. The van der Waals surface area contributed by atoms with Crippen molar-refractivity contribution in [2.75, 3.05) is 0 Å². The molecule has 2 aromatic rings. The van der Waals surface area contributed by atoms with Crippen LogP contribution in [0.25, 0.3) is 0 Å². The lowest BCUT2D eigenvalue weighted by molar-refractivity contribution is 0.473. The second-order valence-electron chi connectivity index (χ2n) is 4.25. The van der Waals surface area contributed by atoms with Gasteiger partial charge in [0.2, 0.25) is 0 Å². The Kier molecular flexibility index (Phi) is 2.54. The number of fused-ring (bicyclic) bond motifs is 1. The van der Waals surface area contributed by atoms with Gasteiger partial charge in [-0.3, -0.25) is 0 Å². The minimum atomic E-state index is 0.121. The van der Waals surface area contributed by atoms with E-state index < -0.39 is 0 Å². The van der Waals surface area contributed by atoms with Crippen LogP contribution in [0.5, 0.6) is 5.75 Å². The summed E-state index contributed by atoms with van der Waals surface area (Å²) in [6, 6.07) is 13.4. The molecule has 0 bridgehead atoms. The maximum Gasteiger partial charge on any atom is 0.115 e. The second-order valence-corrected chi connectivity index (χ2v) is 4.69. The fraction of sp³-hybridized carbons (Fsp3) is 0.143. The van der Waals surface area contributed by atoms with Gasteiger partial charge in [-0.05, 0) is 41.0 Å². The molecule has 17 heavy (non-hydrogen) atoms. The standard InChI is InChI=1S/C14H12ClNO/c15-11-5-4-10-8-16-14(13(10)7-11)9-2-1-3-12(17)6-9/h1-7,14,16-17H,8H2. The van der Waals surface area contributed by atoms with Crippen molar-refractivity contribution < 1.29 is 5.11 Å². The SMILES string of the molecule is Oc1cccc(C2NCc3ccc(Cl)cc32)c1. The topological polar surface area (TPSA) is 32.3 Å². The maximum absolute atomic E-state index is 9.52. The fourth-order valence-corrected chi connectivity index (χ4v) is 2.50. The molecule has 0 spiro atoms. The monoisotopic (exact) mass is 245 g/mol. The van der Waals surface area contributed by atoms with E-state index in [4.69, 9.17) is 11.6 Å². The van der Waals surface area contributed by atoms with Gasteiger partial charge in [-0.1, -0.05) is 29.8 Å². The van der Waals surface area contributed by atoms with Crippen molar-refractivity contribution in [3.05, 3.63) is 64.2 Å². The predicted octanol–water partition coefficient (Wildman–Crippen LogP) is 3.24. The number of halogens is 1. The van der Waals surface area contributed by atoms with E-state index in [1.807, 2.05) is 30.3 Å². The Hall–Kier alpha value is -1.51. The van der Waals surface area contributed by atoms with Gasteiger partial charge in [-0.15, -0.1) is 0 Å². The molecule has 0 saturated carbocycles. The number of phenols is 1. The molecule has 0 radical (unpaired) electrons. The first-order chi connectivity index (χ1) is 8.24. The first-order valence-electron chi connectivity index (χ1n) is 5.55. The number of hydrogen-bond acceptors (Lipinski definition) is 2. The van der Waals surface area contributed by atoms with E-state index >= 15 is 0 Å². The normalized spacial score (nSPS) is 18.1. The molecule has 86 valence electrons. The molecule has 1 unspecified atom stereocenters. The van der Waals surface area contributed by atoms with E-state index in [9.17, 15) is 5.11 Å². The zero-order chi connectivity index (χ0) is 11.8. The van der Waals surface area contributed by atoms with Gasteiger partial charge < -0.3 is 10.4 Å². The van der Waals surface area contributed by atoms with Crippen molar-refractivity contribution >= 4 is 11.6 Å². The summed E-state index contributed by atoms with van der Waals surface area (Å²) >= 11 is 6.03. The molecule has 1 atom stereocenters. The Morgan fingerprint density at radius 3 is 2.88 bits per heavy atom. The number of hydrogen-bond donors (Lipinski definition) is 2. The van der Waals surface area contributed by atoms with Crippen LogP contribution in [0.4, 0.5) is 0 Å². The highest BCUT2D eigenvalue weighted by Crippen LogP contribution is 2.33. The lowest BCUT2D eigenvalue weighted by atomic mass is 9.98. The molecule has 2 nitrogen and oxygen atoms in total. The number of aromatic hydroxyl groups is 1. The van der Waals surface area contributed by atoms with Gasteiger partial charge in [-0.2, -0.15) is 0 Å². The molecular formula is C14H12ClNO. The van der Waals surface area contributed by atoms with Crippen LogP contribution in [0.2, 0.25) is 5.02 Å². The molecule has 0 aliphatic carbocycles. The minimum absolute atomic E-state index is 0.121. The Balaban J connectivity index is 2.06. The number of nitrogens with one attached hydrogen (secondary N) is 1. The summed E-state index contributed by atoms with van der Waals surface area (Å²) in [4.78, 5) is 0. The third-order valence-corrected chi connectivity index (χ3v) is 3.35. The molecule has 1 aliphatic heterocycles. The van der Waals surface area contributed by atoms with Gasteiger partial charge in [0.15, 0.2) is 0 Å². The van der Waals surface area contributed by atoms with Crippen molar-refractivity contribution in [1.29, 1.82) is 0 Å². The molecule has 2 N–H and O–H groups in total. The Morgan fingerprint density at radius 2 is 2.06 bits per heavy atom. The highest BCUT2D eigenvalue weighted by molar-refractivity contribution is 6.30. The van der Waals surface area contributed by atoms with Gasteiger partial charge in [0.1, 0.15) is 5.75 Å². The van der Waals surface area contributed by atoms with E-state index in [1.165, 1.54) is 11.1 Å². The van der Waals surface area contributed by atoms with Crippen LogP contribution in [-0.4, -0.2) is 5.11 Å². The summed E-state index contributed by atoms with van der Waals surface area (Å²) in [5, 5.41) is 13.7. The van der Waals surface area contributed by atoms with Crippen LogP contribution in [0, 0.1) is 0 Å². The van der Waals surface area contributed by atoms with E-state index in [-0.39, 0.29) is 6.04 Å². The average Bonchev–Trinajstić information content (AvgIpc) is 2.71. The van der Waals surface area contributed by atoms with Crippen molar-refractivity contribution in [1.82, 2.24) is 5.32 Å². The van der Waals surface area contributed by atoms with E-state index in [1.54, 1.807) is 12.1 Å². The first-order valence-corrected chi connectivity index (χ1v) is 5.92. The molecule has 1 aliphatic rings. The van der Waals surface area contributed by atoms with Gasteiger partial charge in [-0.25, -0.2) is 0 Å². The third-order valence-electron chi connectivity index (χ3n) is 3.12. The lowest BCUT2D eigenvalue weighted by Crippen LogP contribution is -2.13. The summed E-state index contributed by atoms with van der Waals surface area (Å²) in [6.45, 7) is 0.840. The van der Waals surface area contributed by atoms with E-state index in [0.29, 0.717) is 5.75 Å². The quantitative estimate of drug-likeness (QED) is 0.809. The maximum atomic E-state index is 9.52. The van der Waals surface area contributed by atoms with E-state index in [2.05, 4.69) is 5.32 Å². The smallest absolute Gasteiger partial charge is 0.115 e. The van der Waals surface area contributed by atoms with Crippen molar-refractivity contribution in [3.8, 4) is 5.75 Å². The molecule has 0 aromatic heterocycles. The summed E-state index contributed by atoms with van der Waals surface area (Å²) in [6.07, 6.45) is 0. The number of rotatable bonds is 1. The third kappa shape index (κ3) is 1.90. The van der Waals surface area contributed by atoms with Crippen LogP contribution in [0.15, 0.2) is 42.5 Å². The van der Waals surface area contributed by atoms with Crippen LogP contribution in [0.3, 0.4) is 0 Å². The van der Waals surface area contributed by atoms with Gasteiger partial charge in [0.25, 0.3) is 0 Å². The van der Waals surface area contributed by atoms with Crippen molar-refractivity contribution in [3.63, 3.8) is 0 Å². The van der Waals surface area contributed by atoms with Crippen molar-refractivity contribution in [2.24, 2.45) is 0 Å². The summed E-state index contributed by atoms with van der Waals surface area (Å²) < 4.78 is 0. The zero-order valence-corrected chi connectivity index (χ0v) is 9.91. The predicted molar refractivity (Wildman–Crippen MR) is 68.2 cm³/mol. The Bertz CT molecular complexity index is 568. The van der Waals surface area contributed by atoms with Crippen LogP contribution in [0.1, 0.15) is 22.7 Å². The van der Waals surface area contributed by atoms with Gasteiger partial charge >= 0.3 is 0 Å². The molecule has 3 rings (SSSR count). The molecule has 0 amide bonds. The van der Waals surface area contributed by atoms with Crippen LogP contribution >= 0.6 is 11.6 Å². The van der Waals surface area contributed by atoms with Gasteiger partial charge in [0.05, 0.1) is 6.04 Å². The first kappa shape index (κ1) is 10.6. The molecular weight excluding hydrogens is 234 g/mol. The molecule has 2 aromatic carbocycles. The Morgan fingerprint density at radius 1 is 1.18 bits per heavy atom. The summed E-state index contributed by atoms with van der Waals surface area (Å²) in [7, 11) is 0. The lowest BCUT2D eigenvalue weighted by Gasteiger charge is -2.13. The molecule has 1 heterocycles. The average molecular weight is 246 g/mol. The number of phenolic OH excluding ortho intramolecular Hbond substituents is 1. The van der Waals surface area contributed by atoms with Crippen LogP contribution in [-0.2, 0) is 6.54 Å². The summed E-state index contributed by atoms with van der Waals surface area (Å²) in [5.41, 5.74) is 3.52. The van der Waals surface area contributed by atoms with Gasteiger partial charge in [0, 0.05) is 11.6 Å². The Labute approximate surface area is 105 Å². The highest BCUT2D eigenvalue weighted by Gasteiger charge is 2.23. The molecule has 0 saturated heterocycles. The van der Waals surface area contributed by atoms with Crippen LogP contribution < -0.4 is 5.32 Å². The van der Waals surface area contributed by atoms with Crippen molar-refractivity contribution in [2.45, 2.75) is 12.6 Å².